The van der Waals surface area contributed by atoms with Crippen molar-refractivity contribution >= 4 is 17.7 Å². The first-order valence-corrected chi connectivity index (χ1v) is 12.1. The molecular formula is C30H34N2O3. The summed E-state index contributed by atoms with van der Waals surface area (Å²) < 4.78 is 11.9. The maximum atomic E-state index is 13.2. The van der Waals surface area contributed by atoms with Crippen LogP contribution in [0, 0.1) is 13.8 Å². The zero-order chi connectivity index (χ0) is 24.8. The van der Waals surface area contributed by atoms with Gasteiger partial charge >= 0.3 is 0 Å². The molecule has 0 unspecified atom stereocenters. The van der Waals surface area contributed by atoms with Crippen LogP contribution in [0.3, 0.4) is 0 Å². The topological polar surface area (TPSA) is 50.8 Å². The van der Waals surface area contributed by atoms with E-state index < -0.39 is 0 Å². The van der Waals surface area contributed by atoms with Gasteiger partial charge in [-0.25, -0.2) is 0 Å². The molecule has 0 radical (unpaired) electrons. The monoisotopic (exact) mass is 470 g/mol. The van der Waals surface area contributed by atoms with Gasteiger partial charge < -0.3 is 19.7 Å². The fourth-order valence-electron chi connectivity index (χ4n) is 4.04. The van der Waals surface area contributed by atoms with Crippen LogP contribution in [0.5, 0.6) is 11.5 Å². The number of fused-ring (bicyclic) bond motifs is 1. The van der Waals surface area contributed by atoms with E-state index in [0.717, 1.165) is 52.4 Å². The summed E-state index contributed by atoms with van der Waals surface area (Å²) in [6.07, 6.45) is 3.43. The molecular weight excluding hydrogens is 436 g/mol. The van der Waals surface area contributed by atoms with Crippen LogP contribution in [0.2, 0.25) is 0 Å². The van der Waals surface area contributed by atoms with Crippen molar-refractivity contribution in [2.75, 3.05) is 39.2 Å². The van der Waals surface area contributed by atoms with Crippen molar-refractivity contribution in [3.05, 3.63) is 82.9 Å². The molecule has 1 N–H and O–H groups in total. The van der Waals surface area contributed by atoms with Crippen LogP contribution in [0.25, 0.3) is 17.2 Å². The Balaban J connectivity index is 1.49. The molecule has 0 saturated carbocycles. The van der Waals surface area contributed by atoms with Crippen LogP contribution in [-0.4, -0.2) is 44.7 Å². The molecule has 3 aromatic rings. The fraction of sp³-hybridized carbons (Fsp3) is 0.300. The first kappa shape index (κ1) is 24.6. The molecule has 35 heavy (non-hydrogen) atoms. The second-order valence-electron chi connectivity index (χ2n) is 9.33. The second-order valence-corrected chi connectivity index (χ2v) is 9.33. The lowest BCUT2D eigenvalue weighted by Gasteiger charge is -2.14. The predicted octanol–water partition coefficient (Wildman–Crippen LogP) is 6.11. The molecule has 0 aromatic heterocycles. The summed E-state index contributed by atoms with van der Waals surface area (Å²) in [5.41, 5.74) is 6.84. The minimum atomic E-state index is -0.121. The zero-order valence-electron chi connectivity index (χ0n) is 21.1. The molecule has 0 saturated heterocycles. The van der Waals surface area contributed by atoms with E-state index in [1.165, 1.54) is 5.56 Å². The van der Waals surface area contributed by atoms with Crippen molar-refractivity contribution in [3.63, 3.8) is 0 Å². The molecule has 1 amide bonds. The van der Waals surface area contributed by atoms with Gasteiger partial charge in [-0.2, -0.15) is 0 Å². The van der Waals surface area contributed by atoms with E-state index in [2.05, 4.69) is 67.6 Å². The predicted molar refractivity (Wildman–Crippen MR) is 143 cm³/mol. The Morgan fingerprint density at radius 3 is 2.54 bits per heavy atom. The van der Waals surface area contributed by atoms with Crippen LogP contribution in [0.1, 0.15) is 29.5 Å². The van der Waals surface area contributed by atoms with Gasteiger partial charge in [-0.1, -0.05) is 42.0 Å². The van der Waals surface area contributed by atoms with Crippen molar-refractivity contribution in [1.82, 2.24) is 4.90 Å². The Kier molecular flexibility index (Phi) is 7.88. The summed E-state index contributed by atoms with van der Waals surface area (Å²) in [7, 11) is 4.10. The molecule has 0 spiro atoms. The van der Waals surface area contributed by atoms with Gasteiger partial charge in [0.25, 0.3) is 5.91 Å². The number of carbonyl (C=O) groups is 1. The minimum absolute atomic E-state index is 0.121. The van der Waals surface area contributed by atoms with E-state index in [-0.39, 0.29) is 5.91 Å². The number of amides is 1. The number of benzene rings is 3. The average molecular weight is 471 g/mol. The number of hydrogen-bond donors (Lipinski definition) is 1. The van der Waals surface area contributed by atoms with Crippen LogP contribution in [0.4, 0.5) is 5.69 Å². The van der Waals surface area contributed by atoms with Gasteiger partial charge in [-0.15, -0.1) is 0 Å². The van der Waals surface area contributed by atoms with Crippen molar-refractivity contribution in [3.8, 4) is 22.6 Å². The van der Waals surface area contributed by atoms with Crippen molar-refractivity contribution < 1.29 is 14.3 Å². The lowest BCUT2D eigenvalue weighted by atomic mass is 10.00. The van der Waals surface area contributed by atoms with Crippen LogP contribution in [-0.2, 0) is 4.79 Å². The van der Waals surface area contributed by atoms with Crippen LogP contribution in [0.15, 0.2) is 66.2 Å². The van der Waals surface area contributed by atoms with Crippen molar-refractivity contribution in [2.24, 2.45) is 0 Å². The average Bonchev–Trinajstić information content (AvgIpc) is 3.06. The maximum Gasteiger partial charge on any atom is 0.251 e. The van der Waals surface area contributed by atoms with Gasteiger partial charge in [0.05, 0.1) is 13.2 Å². The molecule has 0 atom stereocenters. The highest BCUT2D eigenvalue weighted by Crippen LogP contribution is 2.32. The molecule has 0 bridgehead atoms. The first-order valence-electron chi connectivity index (χ1n) is 12.1. The maximum absolute atomic E-state index is 13.2. The quantitative estimate of drug-likeness (QED) is 0.404. The summed E-state index contributed by atoms with van der Waals surface area (Å²) >= 11 is 0. The third-order valence-electron chi connectivity index (χ3n) is 6.10. The molecule has 0 fully saturated rings. The summed E-state index contributed by atoms with van der Waals surface area (Å²) in [5.74, 6) is 1.48. The van der Waals surface area contributed by atoms with Gasteiger partial charge in [0.2, 0.25) is 0 Å². The van der Waals surface area contributed by atoms with Gasteiger partial charge in [0.15, 0.2) is 0 Å². The van der Waals surface area contributed by atoms with E-state index in [0.29, 0.717) is 25.2 Å². The molecule has 4 rings (SSSR count). The molecule has 1 heterocycles. The van der Waals surface area contributed by atoms with E-state index in [4.69, 9.17) is 9.47 Å². The largest absolute Gasteiger partial charge is 0.493 e. The second kappa shape index (κ2) is 11.2. The molecule has 182 valence electrons. The molecule has 1 aliphatic heterocycles. The Bertz CT molecular complexity index is 1210. The highest BCUT2D eigenvalue weighted by Gasteiger charge is 2.17. The van der Waals surface area contributed by atoms with Crippen molar-refractivity contribution in [2.45, 2.75) is 26.7 Å². The first-order chi connectivity index (χ1) is 16.9. The molecule has 1 aliphatic rings. The number of rotatable bonds is 8. The number of nitrogens with one attached hydrogen (secondary N) is 1. The van der Waals surface area contributed by atoms with E-state index in [1.807, 2.05) is 37.3 Å². The Labute approximate surface area is 208 Å². The summed E-state index contributed by atoms with van der Waals surface area (Å²) in [6, 6.07) is 20.4. The van der Waals surface area contributed by atoms with Crippen LogP contribution >= 0.6 is 0 Å². The number of nitrogens with zero attached hydrogens (tertiary/aromatic N) is 1. The molecule has 5 nitrogen and oxygen atoms in total. The third kappa shape index (κ3) is 6.52. The lowest BCUT2D eigenvalue weighted by Crippen LogP contribution is -2.16. The van der Waals surface area contributed by atoms with Gasteiger partial charge in [0.1, 0.15) is 11.5 Å². The summed E-state index contributed by atoms with van der Waals surface area (Å²) in [6.45, 7) is 6.17. The van der Waals surface area contributed by atoms with Gasteiger partial charge in [-0.05, 0) is 75.3 Å². The number of carbonyl (C=O) groups excluding carboxylic acids is 1. The molecule has 0 aliphatic carbocycles. The normalized spacial score (nSPS) is 12.9. The molecule has 3 aromatic carbocycles. The van der Waals surface area contributed by atoms with E-state index in [1.54, 1.807) is 0 Å². The zero-order valence-corrected chi connectivity index (χ0v) is 21.1. The highest BCUT2D eigenvalue weighted by molar-refractivity contribution is 6.07. The number of aryl methyl sites for hydroxylation is 2. The van der Waals surface area contributed by atoms with Crippen LogP contribution < -0.4 is 14.8 Å². The Hall–Kier alpha value is -3.57. The fourth-order valence-corrected chi connectivity index (χ4v) is 4.04. The van der Waals surface area contributed by atoms with E-state index >= 15 is 0 Å². The summed E-state index contributed by atoms with van der Waals surface area (Å²) in [4.78, 5) is 15.3. The smallest absolute Gasteiger partial charge is 0.251 e. The standard InChI is InChI=1S/C30H34N2O3/c1-21-6-9-23(10-7-21)24-11-13-28-26(18-24)19-25(14-17-35-28)30(33)31-27-12-8-22(2)29(20-27)34-16-5-15-32(3)4/h6-13,18-20H,5,14-17H2,1-4H3,(H,31,33). The lowest BCUT2D eigenvalue weighted by molar-refractivity contribution is -0.113. The Morgan fingerprint density at radius 2 is 1.77 bits per heavy atom. The Morgan fingerprint density at radius 1 is 1.00 bits per heavy atom. The molecule has 5 heteroatoms. The SMILES string of the molecule is Cc1ccc(-c2ccc3c(c2)C=C(C(=O)Nc2ccc(C)c(OCCCN(C)C)c2)CCO3)cc1. The third-order valence-corrected chi connectivity index (χ3v) is 6.10. The van der Waals surface area contributed by atoms with Crippen molar-refractivity contribution in [1.29, 1.82) is 0 Å². The number of hydrogen-bond acceptors (Lipinski definition) is 4. The summed E-state index contributed by atoms with van der Waals surface area (Å²) in [5, 5.41) is 3.05. The van der Waals surface area contributed by atoms with Gasteiger partial charge in [0, 0.05) is 35.9 Å². The minimum Gasteiger partial charge on any atom is -0.493 e. The van der Waals surface area contributed by atoms with E-state index in [9.17, 15) is 4.79 Å². The number of anilines is 1. The number of ether oxygens (including phenoxy) is 2. The van der Waals surface area contributed by atoms with Gasteiger partial charge in [-0.3, -0.25) is 4.79 Å². The highest BCUT2D eigenvalue weighted by atomic mass is 16.5.